The first-order chi connectivity index (χ1) is 6.54. The van der Waals surface area contributed by atoms with E-state index < -0.39 is 0 Å². The van der Waals surface area contributed by atoms with E-state index in [2.05, 4.69) is 11.7 Å². The van der Waals surface area contributed by atoms with E-state index in [0.29, 0.717) is 12.3 Å². The fraction of sp³-hybridized carbons (Fsp3) is 0.600. The lowest BCUT2D eigenvalue weighted by Crippen LogP contribution is -2.23. The monoisotopic (exact) mass is 197 g/mol. The number of nitrogens with zero attached hydrogens (tertiary/aromatic N) is 2. The number of rotatable bonds is 6. The molecule has 0 radical (unpaired) electrons. The van der Waals surface area contributed by atoms with Gasteiger partial charge in [-0.25, -0.2) is 4.99 Å². The topological polar surface area (TPSA) is 48.7 Å². The first kappa shape index (κ1) is 12.8. The van der Waals surface area contributed by atoms with Crippen LogP contribution in [0.25, 0.3) is 0 Å². The molecular formula is C10H19N3O. The van der Waals surface area contributed by atoms with Gasteiger partial charge in [-0.3, -0.25) is 0 Å². The number of aliphatic imine (C=N–C) groups is 1. The van der Waals surface area contributed by atoms with Gasteiger partial charge in [-0.2, -0.15) is 0 Å². The number of hydrogen-bond acceptors (Lipinski definition) is 4. The predicted octanol–water partition coefficient (Wildman–Crippen LogP) is 1.54. The van der Waals surface area contributed by atoms with Crippen molar-refractivity contribution in [2.75, 3.05) is 27.3 Å². The predicted molar refractivity (Wildman–Crippen MR) is 60.2 cm³/mol. The lowest BCUT2D eigenvalue weighted by atomic mass is 10.2. The molecule has 0 aromatic heterocycles. The quantitative estimate of drug-likeness (QED) is 0.656. The molecule has 0 heterocycles. The number of methoxy groups -OCH3 is 1. The second-order valence-corrected chi connectivity index (χ2v) is 3.15. The van der Waals surface area contributed by atoms with Crippen LogP contribution in [0.4, 0.5) is 0 Å². The highest BCUT2D eigenvalue weighted by Gasteiger charge is 2.07. The van der Waals surface area contributed by atoms with Crippen molar-refractivity contribution >= 4 is 12.4 Å². The molecule has 0 atom stereocenters. The fourth-order valence-electron chi connectivity index (χ4n) is 1.03. The highest BCUT2D eigenvalue weighted by molar-refractivity contribution is 5.95. The van der Waals surface area contributed by atoms with Crippen molar-refractivity contribution < 1.29 is 4.74 Å². The molecule has 0 aliphatic carbocycles. The summed E-state index contributed by atoms with van der Waals surface area (Å²) in [5.74, 6) is 0.745. The van der Waals surface area contributed by atoms with E-state index in [9.17, 15) is 0 Å². The van der Waals surface area contributed by atoms with E-state index >= 15 is 0 Å². The molecule has 0 bridgehead atoms. The number of ether oxygens (including phenoxy) is 1. The summed E-state index contributed by atoms with van der Waals surface area (Å²) >= 11 is 0. The third kappa shape index (κ3) is 3.70. The summed E-state index contributed by atoms with van der Waals surface area (Å²) in [6, 6.07) is 0. The fourth-order valence-corrected chi connectivity index (χ4v) is 1.03. The minimum absolute atomic E-state index is 0.511. The lowest BCUT2D eigenvalue weighted by molar-refractivity contribution is 0.173. The molecule has 4 nitrogen and oxygen atoms in total. The Morgan fingerprint density at radius 1 is 1.50 bits per heavy atom. The zero-order chi connectivity index (χ0) is 11.1. The number of allylic oxidation sites excluding steroid dienone is 1. The molecule has 0 aromatic rings. The summed E-state index contributed by atoms with van der Waals surface area (Å²) in [5.41, 5.74) is 1.36. The zero-order valence-electron chi connectivity index (χ0n) is 9.42. The van der Waals surface area contributed by atoms with Crippen LogP contribution < -0.4 is 0 Å². The van der Waals surface area contributed by atoms with Crippen LogP contribution in [0.1, 0.15) is 13.8 Å². The van der Waals surface area contributed by atoms with E-state index in [-0.39, 0.29) is 0 Å². The van der Waals surface area contributed by atoms with Gasteiger partial charge in [-0.15, -0.1) is 0 Å². The van der Waals surface area contributed by atoms with Gasteiger partial charge in [0.25, 0.3) is 0 Å². The molecule has 14 heavy (non-hydrogen) atoms. The molecule has 0 saturated heterocycles. The molecule has 0 fully saturated rings. The molecule has 0 saturated carbocycles. The van der Waals surface area contributed by atoms with Gasteiger partial charge in [-0.05, 0) is 20.6 Å². The molecule has 80 valence electrons. The SMILES string of the molecule is C=N/C(=C(/C)C(C)=N)N(C)CCOC. The molecule has 1 N–H and O–H groups in total. The second-order valence-electron chi connectivity index (χ2n) is 3.15. The number of likely N-dealkylation sites (N-methyl/N-ethyl adjacent to an activating group) is 1. The van der Waals surface area contributed by atoms with E-state index in [1.54, 1.807) is 14.0 Å². The second kappa shape index (κ2) is 6.32. The van der Waals surface area contributed by atoms with Gasteiger partial charge in [0.15, 0.2) is 0 Å². The minimum atomic E-state index is 0.511. The van der Waals surface area contributed by atoms with Crippen LogP contribution >= 0.6 is 0 Å². The third-order valence-corrected chi connectivity index (χ3v) is 2.04. The summed E-state index contributed by atoms with van der Waals surface area (Å²) in [6.07, 6.45) is 0. The van der Waals surface area contributed by atoms with Gasteiger partial charge < -0.3 is 15.0 Å². The molecular weight excluding hydrogens is 178 g/mol. The van der Waals surface area contributed by atoms with Gasteiger partial charge >= 0.3 is 0 Å². The van der Waals surface area contributed by atoms with E-state index in [4.69, 9.17) is 10.1 Å². The standard InChI is InChI=1S/C10H19N3O/c1-8(9(2)11)10(12-3)13(4)6-7-14-5/h11H,3,6-7H2,1-2,4-5H3/b10-8+,11-9?. The molecule has 0 rings (SSSR count). The third-order valence-electron chi connectivity index (χ3n) is 2.04. The average Bonchev–Trinajstić information content (AvgIpc) is 2.15. The Morgan fingerprint density at radius 2 is 2.07 bits per heavy atom. The summed E-state index contributed by atoms with van der Waals surface area (Å²) in [6.45, 7) is 8.50. The summed E-state index contributed by atoms with van der Waals surface area (Å²) in [4.78, 5) is 5.86. The average molecular weight is 197 g/mol. The van der Waals surface area contributed by atoms with Crippen molar-refractivity contribution in [2.45, 2.75) is 13.8 Å². The largest absolute Gasteiger partial charge is 0.383 e. The van der Waals surface area contributed by atoms with Crippen LogP contribution in [0.3, 0.4) is 0 Å². The van der Waals surface area contributed by atoms with Crippen LogP contribution in [0, 0.1) is 5.41 Å². The highest BCUT2D eigenvalue weighted by Crippen LogP contribution is 2.10. The molecule has 0 amide bonds. The Morgan fingerprint density at radius 3 is 2.43 bits per heavy atom. The maximum absolute atomic E-state index is 7.50. The maximum Gasteiger partial charge on any atom is 0.132 e. The van der Waals surface area contributed by atoms with Gasteiger partial charge in [0.1, 0.15) is 5.82 Å². The van der Waals surface area contributed by atoms with Crippen molar-refractivity contribution in [3.8, 4) is 0 Å². The Balaban J connectivity index is 4.62. The lowest BCUT2D eigenvalue weighted by Gasteiger charge is -2.20. The first-order valence-corrected chi connectivity index (χ1v) is 4.47. The van der Waals surface area contributed by atoms with E-state index in [0.717, 1.165) is 17.9 Å². The highest BCUT2D eigenvalue weighted by atomic mass is 16.5. The Hall–Kier alpha value is -1.16. The van der Waals surface area contributed by atoms with Gasteiger partial charge in [0.05, 0.1) is 6.61 Å². The summed E-state index contributed by atoms with van der Waals surface area (Å²) in [7, 11) is 3.57. The van der Waals surface area contributed by atoms with Crippen LogP contribution in [-0.2, 0) is 4.74 Å². The van der Waals surface area contributed by atoms with Crippen molar-refractivity contribution in [1.29, 1.82) is 5.41 Å². The Labute approximate surface area is 85.8 Å². The van der Waals surface area contributed by atoms with Gasteiger partial charge in [0, 0.05) is 32.0 Å². The Bertz CT molecular complexity index is 246. The maximum atomic E-state index is 7.50. The van der Waals surface area contributed by atoms with Crippen LogP contribution in [0.2, 0.25) is 0 Å². The molecule has 0 aromatic carbocycles. The van der Waals surface area contributed by atoms with E-state index in [1.165, 1.54) is 0 Å². The normalized spacial score (nSPS) is 12.0. The van der Waals surface area contributed by atoms with Crippen LogP contribution in [0.5, 0.6) is 0 Å². The van der Waals surface area contributed by atoms with Crippen molar-refractivity contribution in [2.24, 2.45) is 4.99 Å². The van der Waals surface area contributed by atoms with Crippen LogP contribution in [0.15, 0.2) is 16.4 Å². The summed E-state index contributed by atoms with van der Waals surface area (Å²) in [5, 5.41) is 7.50. The van der Waals surface area contributed by atoms with Gasteiger partial charge in [0.2, 0.25) is 0 Å². The Kier molecular flexibility index (Phi) is 5.79. The van der Waals surface area contributed by atoms with E-state index in [1.807, 2.05) is 18.9 Å². The van der Waals surface area contributed by atoms with Gasteiger partial charge in [-0.1, -0.05) is 0 Å². The molecule has 0 unspecified atom stereocenters. The zero-order valence-corrected chi connectivity index (χ0v) is 9.42. The van der Waals surface area contributed by atoms with Crippen molar-refractivity contribution in [3.05, 3.63) is 11.4 Å². The molecule has 0 spiro atoms. The van der Waals surface area contributed by atoms with Crippen molar-refractivity contribution in [1.82, 2.24) is 4.90 Å². The molecule has 4 heteroatoms. The number of hydrogen-bond donors (Lipinski definition) is 1. The first-order valence-electron chi connectivity index (χ1n) is 4.47. The minimum Gasteiger partial charge on any atom is -0.383 e. The summed E-state index contributed by atoms with van der Waals surface area (Å²) < 4.78 is 4.97. The smallest absolute Gasteiger partial charge is 0.132 e. The van der Waals surface area contributed by atoms with Crippen molar-refractivity contribution in [3.63, 3.8) is 0 Å². The van der Waals surface area contributed by atoms with Crippen LogP contribution in [-0.4, -0.2) is 44.6 Å². The molecule has 0 aliphatic rings. The number of nitrogens with one attached hydrogen (secondary N) is 1. The molecule has 0 aliphatic heterocycles.